The largest absolute Gasteiger partial charge is 0.497 e. The van der Waals surface area contributed by atoms with E-state index in [0.717, 1.165) is 18.4 Å². The highest BCUT2D eigenvalue weighted by Crippen LogP contribution is 2.34. The molecule has 3 aromatic rings. The molecule has 2 aliphatic heterocycles. The molecule has 38 heavy (non-hydrogen) atoms. The number of carbonyl (C=O) groups excluding carboxylic acids is 1. The Bertz CT molecular complexity index is 1550. The zero-order valence-electron chi connectivity index (χ0n) is 21.0. The normalized spacial score (nSPS) is 16.2. The summed E-state index contributed by atoms with van der Waals surface area (Å²) in [4.78, 5) is 13.2. The molecule has 9 nitrogen and oxygen atoms in total. The van der Waals surface area contributed by atoms with Crippen molar-refractivity contribution < 1.29 is 26.4 Å². The molecule has 0 atom stereocenters. The summed E-state index contributed by atoms with van der Waals surface area (Å²) < 4.78 is 60.2. The van der Waals surface area contributed by atoms with Crippen LogP contribution in [0, 0.1) is 0 Å². The average Bonchev–Trinajstić information content (AvgIpc) is 3.49. The Morgan fingerprint density at radius 2 is 1.42 bits per heavy atom. The van der Waals surface area contributed by atoms with Gasteiger partial charge >= 0.3 is 0 Å². The summed E-state index contributed by atoms with van der Waals surface area (Å²) in [5, 5.41) is 2.84. The van der Waals surface area contributed by atoms with E-state index in [2.05, 4.69) is 5.32 Å². The van der Waals surface area contributed by atoms with Crippen molar-refractivity contribution in [1.82, 2.24) is 4.31 Å². The minimum atomic E-state index is -3.76. The van der Waals surface area contributed by atoms with Gasteiger partial charge in [0.05, 0.1) is 22.6 Å². The lowest BCUT2D eigenvalue weighted by Gasteiger charge is -2.31. The van der Waals surface area contributed by atoms with Crippen molar-refractivity contribution in [3.63, 3.8) is 0 Å². The van der Waals surface area contributed by atoms with E-state index < -0.39 is 20.0 Å². The minimum absolute atomic E-state index is 0.169. The molecule has 0 unspecified atom stereocenters. The Kier molecular flexibility index (Phi) is 7.17. The molecule has 0 spiro atoms. The van der Waals surface area contributed by atoms with Crippen molar-refractivity contribution in [3.05, 3.63) is 77.9 Å². The molecule has 11 heteroatoms. The van der Waals surface area contributed by atoms with Gasteiger partial charge in [-0.3, -0.25) is 9.10 Å². The first kappa shape index (κ1) is 26.2. The quantitative estimate of drug-likeness (QED) is 0.474. The van der Waals surface area contributed by atoms with Crippen LogP contribution in [-0.2, 0) is 26.5 Å². The van der Waals surface area contributed by atoms with Gasteiger partial charge in [0, 0.05) is 30.9 Å². The van der Waals surface area contributed by atoms with Crippen LogP contribution < -0.4 is 14.4 Å². The smallest absolute Gasteiger partial charge is 0.264 e. The molecule has 0 aromatic heterocycles. The Morgan fingerprint density at radius 3 is 2.08 bits per heavy atom. The van der Waals surface area contributed by atoms with Crippen LogP contribution in [0.25, 0.3) is 0 Å². The first-order valence-corrected chi connectivity index (χ1v) is 15.3. The van der Waals surface area contributed by atoms with Gasteiger partial charge in [0.1, 0.15) is 5.75 Å². The van der Waals surface area contributed by atoms with Gasteiger partial charge in [0.15, 0.2) is 0 Å². The lowest BCUT2D eigenvalue weighted by Crippen LogP contribution is -2.35. The molecule has 1 N–H and O–H groups in total. The van der Waals surface area contributed by atoms with E-state index in [9.17, 15) is 21.6 Å². The molecule has 1 saturated heterocycles. The number of hydrogen-bond donors (Lipinski definition) is 1. The predicted molar refractivity (Wildman–Crippen MR) is 145 cm³/mol. The van der Waals surface area contributed by atoms with Crippen molar-refractivity contribution >= 4 is 37.3 Å². The second-order valence-electron chi connectivity index (χ2n) is 9.29. The lowest BCUT2D eigenvalue weighted by molar-refractivity contribution is 0.102. The summed E-state index contributed by atoms with van der Waals surface area (Å²) in [7, 11) is -5.79. The first-order valence-electron chi connectivity index (χ1n) is 12.4. The highest BCUT2D eigenvalue weighted by molar-refractivity contribution is 7.92. The lowest BCUT2D eigenvalue weighted by atomic mass is 10.0. The molecule has 0 radical (unpaired) electrons. The average molecular weight is 556 g/mol. The van der Waals surface area contributed by atoms with Crippen molar-refractivity contribution in [2.24, 2.45) is 0 Å². The maximum Gasteiger partial charge on any atom is 0.264 e. The molecule has 0 bridgehead atoms. The molecule has 2 heterocycles. The summed E-state index contributed by atoms with van der Waals surface area (Å²) in [6, 6.07) is 17.4. The van der Waals surface area contributed by atoms with Crippen LogP contribution in [0.15, 0.2) is 76.5 Å². The van der Waals surface area contributed by atoms with Gasteiger partial charge in [-0.15, -0.1) is 0 Å². The van der Waals surface area contributed by atoms with Gasteiger partial charge in [-0.25, -0.2) is 16.8 Å². The van der Waals surface area contributed by atoms with Gasteiger partial charge < -0.3 is 10.1 Å². The molecule has 1 fully saturated rings. The summed E-state index contributed by atoms with van der Waals surface area (Å²) in [6.07, 6.45) is 3.03. The summed E-state index contributed by atoms with van der Waals surface area (Å²) >= 11 is 0. The van der Waals surface area contributed by atoms with Crippen LogP contribution in [0.5, 0.6) is 5.75 Å². The molecule has 5 rings (SSSR count). The van der Waals surface area contributed by atoms with Crippen molar-refractivity contribution in [3.8, 4) is 5.75 Å². The third kappa shape index (κ3) is 5.01. The van der Waals surface area contributed by atoms with Crippen LogP contribution in [-0.4, -0.2) is 53.8 Å². The number of nitrogens with zero attached hydrogens (tertiary/aromatic N) is 2. The molecule has 0 saturated carbocycles. The predicted octanol–water partition coefficient (Wildman–Crippen LogP) is 3.87. The van der Waals surface area contributed by atoms with Gasteiger partial charge in [0.2, 0.25) is 10.0 Å². The van der Waals surface area contributed by atoms with Crippen LogP contribution in [0.1, 0.15) is 35.2 Å². The number of benzene rings is 3. The van der Waals surface area contributed by atoms with E-state index in [0.29, 0.717) is 55.2 Å². The molecule has 200 valence electrons. The summed E-state index contributed by atoms with van der Waals surface area (Å²) in [5.41, 5.74) is 2.26. The van der Waals surface area contributed by atoms with Crippen LogP contribution in [0.2, 0.25) is 0 Å². The number of sulfonamides is 2. The Morgan fingerprint density at radius 1 is 0.789 bits per heavy atom. The molecular formula is C27H29N3O6S2. The summed E-state index contributed by atoms with van der Waals surface area (Å²) in [6.45, 7) is 1.39. The van der Waals surface area contributed by atoms with E-state index in [-0.39, 0.29) is 15.7 Å². The Hall–Kier alpha value is -3.41. The molecule has 3 aromatic carbocycles. The second-order valence-corrected chi connectivity index (χ2v) is 13.1. The molecular weight excluding hydrogens is 526 g/mol. The number of aryl methyl sites for hydroxylation is 1. The maximum atomic E-state index is 13.3. The second kappa shape index (κ2) is 10.4. The van der Waals surface area contributed by atoms with Crippen LogP contribution in [0.3, 0.4) is 0 Å². The van der Waals surface area contributed by atoms with E-state index in [1.54, 1.807) is 30.3 Å². The number of carbonyl (C=O) groups is 1. The fraction of sp³-hybridized carbons (Fsp3) is 0.296. The number of nitrogens with one attached hydrogen (secondary N) is 1. The van der Waals surface area contributed by atoms with Gasteiger partial charge in [-0.2, -0.15) is 4.31 Å². The number of anilines is 2. The van der Waals surface area contributed by atoms with Gasteiger partial charge in [-0.05, 0) is 98.0 Å². The van der Waals surface area contributed by atoms with E-state index >= 15 is 0 Å². The fourth-order valence-corrected chi connectivity index (χ4v) is 7.88. The number of rotatable bonds is 7. The van der Waals surface area contributed by atoms with Crippen LogP contribution in [0.4, 0.5) is 11.4 Å². The van der Waals surface area contributed by atoms with Gasteiger partial charge in [0.25, 0.3) is 15.9 Å². The number of ether oxygens (including phenoxy) is 1. The monoisotopic (exact) mass is 555 g/mol. The Labute approximate surface area is 223 Å². The van der Waals surface area contributed by atoms with Crippen molar-refractivity contribution in [1.29, 1.82) is 0 Å². The first-order chi connectivity index (χ1) is 18.2. The van der Waals surface area contributed by atoms with E-state index in [1.165, 1.54) is 52.1 Å². The number of amides is 1. The van der Waals surface area contributed by atoms with E-state index in [4.69, 9.17) is 4.74 Å². The molecule has 0 aliphatic carbocycles. The SMILES string of the molecule is COc1ccc(S(=O)(=O)N2CCCc3cc(NC(=O)c4ccc(S(=O)(=O)N5CCCC5)cc4)ccc32)cc1. The molecule has 2 aliphatic rings. The number of hydrogen-bond acceptors (Lipinski definition) is 6. The summed E-state index contributed by atoms with van der Waals surface area (Å²) in [5.74, 6) is 0.194. The standard InChI is InChI=1S/C27H29N3O6S2/c1-36-23-9-13-25(14-10-23)38(34,35)30-18-4-5-21-19-22(8-15-26(21)30)28-27(31)20-6-11-24(12-7-20)37(32,33)29-16-2-3-17-29/h6-15,19H,2-5,16-18H2,1H3,(H,28,31). The highest BCUT2D eigenvalue weighted by Gasteiger charge is 2.30. The van der Waals surface area contributed by atoms with Crippen molar-refractivity contribution in [2.45, 2.75) is 35.5 Å². The zero-order valence-corrected chi connectivity index (χ0v) is 22.6. The zero-order chi connectivity index (χ0) is 26.9. The topological polar surface area (TPSA) is 113 Å². The maximum absolute atomic E-state index is 13.3. The van der Waals surface area contributed by atoms with E-state index in [1.807, 2.05) is 0 Å². The fourth-order valence-electron chi connectivity index (χ4n) is 4.82. The number of methoxy groups -OCH3 is 1. The minimum Gasteiger partial charge on any atom is -0.497 e. The van der Waals surface area contributed by atoms with Crippen molar-refractivity contribution in [2.75, 3.05) is 36.4 Å². The Balaban J connectivity index is 1.32. The third-order valence-corrected chi connectivity index (χ3v) is 10.6. The highest BCUT2D eigenvalue weighted by atomic mass is 32.2. The number of fused-ring (bicyclic) bond motifs is 1. The molecule has 1 amide bonds. The third-order valence-electron chi connectivity index (χ3n) is 6.88. The van der Waals surface area contributed by atoms with Gasteiger partial charge in [-0.1, -0.05) is 0 Å². The van der Waals surface area contributed by atoms with Crippen LogP contribution >= 0.6 is 0 Å².